The van der Waals surface area contributed by atoms with Crippen molar-refractivity contribution in [2.75, 3.05) is 12.8 Å². The molecule has 0 spiro atoms. The van der Waals surface area contributed by atoms with Gasteiger partial charge < -0.3 is 5.73 Å². The van der Waals surface area contributed by atoms with Crippen molar-refractivity contribution >= 4 is 29.4 Å². The van der Waals surface area contributed by atoms with Gasteiger partial charge in [-0.2, -0.15) is 0 Å². The molecule has 9 heteroatoms. The number of fused-ring (bicyclic) bond motifs is 1. The Balaban J connectivity index is 1.49. The third-order valence-electron chi connectivity index (χ3n) is 5.26. The molecule has 3 heterocycles. The molecule has 2 aliphatic heterocycles. The number of hydrogen-bond donors (Lipinski definition) is 2. The van der Waals surface area contributed by atoms with Crippen molar-refractivity contribution in [2.45, 2.75) is 32.0 Å². The maximum atomic E-state index is 12.9. The van der Waals surface area contributed by atoms with Crippen LogP contribution in [0.5, 0.6) is 0 Å². The summed E-state index contributed by atoms with van der Waals surface area (Å²) in [5.41, 5.74) is 8.04. The average Bonchev–Trinajstić information content (AvgIpc) is 2.94. The second kappa shape index (κ2) is 7.68. The first-order valence-corrected chi connectivity index (χ1v) is 9.57. The number of carbonyl (C=O) groups excluding carboxylic acids is 4. The van der Waals surface area contributed by atoms with Gasteiger partial charge in [0.25, 0.3) is 11.8 Å². The van der Waals surface area contributed by atoms with Crippen LogP contribution in [-0.4, -0.2) is 51.5 Å². The number of hydrogen-bond acceptors (Lipinski definition) is 7. The molecule has 0 saturated carbocycles. The number of benzene rings is 1. The highest BCUT2D eigenvalue weighted by molar-refractivity contribution is 6.23. The van der Waals surface area contributed by atoms with Crippen molar-refractivity contribution in [3.05, 3.63) is 58.8 Å². The number of amides is 4. The first-order valence-electron chi connectivity index (χ1n) is 9.57. The smallest absolute Gasteiger partial charge is 0.262 e. The summed E-state index contributed by atoms with van der Waals surface area (Å²) < 4.78 is 0. The lowest BCUT2D eigenvalue weighted by molar-refractivity contribution is -0.136. The molecule has 30 heavy (non-hydrogen) atoms. The quantitative estimate of drug-likeness (QED) is 0.699. The fourth-order valence-corrected chi connectivity index (χ4v) is 3.83. The number of nitrogens with one attached hydrogen (secondary N) is 1. The van der Waals surface area contributed by atoms with E-state index in [0.717, 1.165) is 16.0 Å². The fourth-order valence-electron chi connectivity index (χ4n) is 3.83. The molecule has 1 unspecified atom stereocenters. The van der Waals surface area contributed by atoms with Gasteiger partial charge in [-0.1, -0.05) is 12.1 Å². The highest BCUT2D eigenvalue weighted by Gasteiger charge is 2.44. The molecule has 4 amide bonds. The molecule has 154 valence electrons. The van der Waals surface area contributed by atoms with E-state index < -0.39 is 29.7 Å². The van der Waals surface area contributed by atoms with E-state index in [-0.39, 0.29) is 24.0 Å². The third-order valence-corrected chi connectivity index (χ3v) is 5.26. The predicted octanol–water partition coefficient (Wildman–Crippen LogP) is 0.697. The molecule has 9 nitrogen and oxygen atoms in total. The first kappa shape index (κ1) is 19.7. The summed E-state index contributed by atoms with van der Waals surface area (Å²) in [4.78, 5) is 56.3. The van der Waals surface area contributed by atoms with Gasteiger partial charge in [-0.3, -0.25) is 34.3 Å². The zero-order valence-corrected chi connectivity index (χ0v) is 16.4. The third kappa shape index (κ3) is 3.67. The van der Waals surface area contributed by atoms with E-state index in [1.807, 2.05) is 18.0 Å². The molecule has 1 aromatic heterocycles. The maximum absolute atomic E-state index is 12.9. The zero-order chi connectivity index (χ0) is 21.4. The van der Waals surface area contributed by atoms with Gasteiger partial charge in [0.1, 0.15) is 11.9 Å². The molecule has 2 aromatic rings. The topological polar surface area (TPSA) is 126 Å². The Kier molecular flexibility index (Phi) is 5.04. The molecular weight excluding hydrogens is 386 g/mol. The molecule has 0 aliphatic carbocycles. The lowest BCUT2D eigenvalue weighted by atomic mass is 10.0. The molecule has 3 N–H and O–H groups in total. The molecule has 1 atom stereocenters. The Bertz CT molecular complexity index is 1050. The second-order valence-electron chi connectivity index (χ2n) is 7.59. The van der Waals surface area contributed by atoms with E-state index in [1.165, 1.54) is 0 Å². The Hall–Kier alpha value is -3.59. The minimum Gasteiger partial charge on any atom is -0.384 e. The molecule has 1 saturated heterocycles. The Morgan fingerprint density at radius 1 is 1.07 bits per heavy atom. The summed E-state index contributed by atoms with van der Waals surface area (Å²) in [5, 5.41) is 2.19. The number of nitrogens with two attached hydrogens (primary N) is 1. The molecular formula is C21H21N5O4. The fraction of sp³-hybridized carbons (Fsp3) is 0.286. The van der Waals surface area contributed by atoms with Crippen LogP contribution in [0.2, 0.25) is 0 Å². The number of nitrogen functional groups attached to an aromatic ring is 1. The number of pyridine rings is 1. The van der Waals surface area contributed by atoms with Crippen molar-refractivity contribution < 1.29 is 19.2 Å². The summed E-state index contributed by atoms with van der Waals surface area (Å²) in [6.07, 6.45) is 1.95. The summed E-state index contributed by atoms with van der Waals surface area (Å²) in [6.45, 7) is 1.19. The van der Waals surface area contributed by atoms with Crippen LogP contribution >= 0.6 is 0 Å². The minimum atomic E-state index is -0.959. The van der Waals surface area contributed by atoms with Gasteiger partial charge in [0.2, 0.25) is 11.8 Å². The summed E-state index contributed by atoms with van der Waals surface area (Å²) in [5.74, 6) is -1.55. The van der Waals surface area contributed by atoms with Crippen LogP contribution in [0.15, 0.2) is 36.5 Å². The van der Waals surface area contributed by atoms with Crippen LogP contribution in [0.25, 0.3) is 0 Å². The Morgan fingerprint density at radius 3 is 2.47 bits per heavy atom. The zero-order valence-electron chi connectivity index (χ0n) is 16.4. The number of imide groups is 2. The summed E-state index contributed by atoms with van der Waals surface area (Å²) in [7, 11) is 1.94. The van der Waals surface area contributed by atoms with Crippen molar-refractivity contribution in [2.24, 2.45) is 0 Å². The second-order valence-corrected chi connectivity index (χ2v) is 7.59. The predicted molar refractivity (Wildman–Crippen MR) is 107 cm³/mol. The SMILES string of the molecule is CN(Cc1ccc(N)nc1)Cc1ccc2c(c1)C(=O)N(C1CCC(=O)NC1=O)C2=O. The van der Waals surface area contributed by atoms with Crippen LogP contribution in [0.4, 0.5) is 5.82 Å². The highest BCUT2D eigenvalue weighted by atomic mass is 16.2. The van der Waals surface area contributed by atoms with Gasteiger partial charge in [-0.05, 0) is 42.8 Å². The van der Waals surface area contributed by atoms with E-state index in [2.05, 4.69) is 10.3 Å². The van der Waals surface area contributed by atoms with E-state index in [0.29, 0.717) is 18.9 Å². The molecule has 1 fully saturated rings. The van der Waals surface area contributed by atoms with Gasteiger partial charge in [-0.25, -0.2) is 4.98 Å². The van der Waals surface area contributed by atoms with Gasteiger partial charge in [0, 0.05) is 25.7 Å². The molecule has 1 aromatic carbocycles. The van der Waals surface area contributed by atoms with Crippen LogP contribution in [-0.2, 0) is 22.7 Å². The van der Waals surface area contributed by atoms with Crippen LogP contribution in [0.3, 0.4) is 0 Å². The number of anilines is 1. The lowest BCUT2D eigenvalue weighted by Gasteiger charge is -2.27. The highest BCUT2D eigenvalue weighted by Crippen LogP contribution is 2.28. The Morgan fingerprint density at radius 2 is 1.77 bits per heavy atom. The van der Waals surface area contributed by atoms with Crippen molar-refractivity contribution in [1.29, 1.82) is 0 Å². The summed E-state index contributed by atoms with van der Waals surface area (Å²) >= 11 is 0. The molecule has 2 aliphatic rings. The number of nitrogens with zero attached hydrogens (tertiary/aromatic N) is 3. The van der Waals surface area contributed by atoms with Crippen LogP contribution < -0.4 is 11.1 Å². The van der Waals surface area contributed by atoms with Gasteiger partial charge in [0.05, 0.1) is 11.1 Å². The number of carbonyl (C=O) groups is 4. The minimum absolute atomic E-state index is 0.0971. The van der Waals surface area contributed by atoms with E-state index >= 15 is 0 Å². The van der Waals surface area contributed by atoms with Crippen molar-refractivity contribution in [1.82, 2.24) is 20.1 Å². The standard InChI is InChI=1S/C21H21N5O4/c1-25(11-13-3-6-17(22)23-9-13)10-12-2-4-14-15(8-12)21(30)26(20(14)29)16-5-7-18(27)24-19(16)28/h2-4,6,8-9,16H,5,7,10-11H2,1H3,(H2,22,23)(H,24,27,28). The van der Waals surface area contributed by atoms with Gasteiger partial charge >= 0.3 is 0 Å². The van der Waals surface area contributed by atoms with Crippen molar-refractivity contribution in [3.8, 4) is 0 Å². The van der Waals surface area contributed by atoms with Crippen LogP contribution in [0.1, 0.15) is 44.7 Å². The van der Waals surface area contributed by atoms with E-state index in [9.17, 15) is 19.2 Å². The van der Waals surface area contributed by atoms with Gasteiger partial charge in [0.15, 0.2) is 0 Å². The molecule has 0 radical (unpaired) electrons. The number of aromatic nitrogens is 1. The Labute approximate surface area is 172 Å². The molecule has 4 rings (SSSR count). The lowest BCUT2D eigenvalue weighted by Crippen LogP contribution is -2.54. The van der Waals surface area contributed by atoms with Crippen molar-refractivity contribution in [3.63, 3.8) is 0 Å². The normalized spacial score (nSPS) is 18.7. The number of rotatable bonds is 5. The monoisotopic (exact) mass is 407 g/mol. The maximum Gasteiger partial charge on any atom is 0.262 e. The largest absolute Gasteiger partial charge is 0.384 e. The number of piperidine rings is 1. The van der Waals surface area contributed by atoms with E-state index in [1.54, 1.807) is 30.5 Å². The van der Waals surface area contributed by atoms with Crippen LogP contribution in [0, 0.1) is 0 Å². The average molecular weight is 407 g/mol. The van der Waals surface area contributed by atoms with E-state index in [4.69, 9.17) is 5.73 Å². The first-order chi connectivity index (χ1) is 14.3. The molecule has 0 bridgehead atoms. The van der Waals surface area contributed by atoms with Gasteiger partial charge in [-0.15, -0.1) is 0 Å². The summed E-state index contributed by atoms with van der Waals surface area (Å²) in [6, 6.07) is 7.80.